The van der Waals surface area contributed by atoms with Gasteiger partial charge in [0.05, 0.1) is 12.1 Å². The van der Waals surface area contributed by atoms with Crippen LogP contribution in [0.5, 0.6) is 0 Å². The quantitative estimate of drug-likeness (QED) is 0.685. The average molecular weight is 419 g/mol. The van der Waals surface area contributed by atoms with Gasteiger partial charge in [-0.1, -0.05) is 6.07 Å². The van der Waals surface area contributed by atoms with Crippen LogP contribution in [0.2, 0.25) is 0 Å². The van der Waals surface area contributed by atoms with Gasteiger partial charge in [-0.05, 0) is 56.0 Å². The number of aromatic nitrogens is 1. The number of carbonyl (C=O) groups excluding carboxylic acids is 2. The summed E-state index contributed by atoms with van der Waals surface area (Å²) in [6, 6.07) is 8.36. The summed E-state index contributed by atoms with van der Waals surface area (Å²) in [6.07, 6.45) is 0.785. The maximum atomic E-state index is 13.1. The van der Waals surface area contributed by atoms with Crippen molar-refractivity contribution in [1.82, 2.24) is 14.4 Å². The highest BCUT2D eigenvalue weighted by molar-refractivity contribution is 5.97. The second kappa shape index (κ2) is 7.81. The standard InChI is InChI=1S/C22H24F3N3O2/c1-26-11-3-6-19(26)13-27(17-7-8-17)20(29)14-28(18-9-10-18)21(30)15-4-2-5-16(12-15)22(23,24)25/h2-6,11-12,17-18H,7-10,13-14H2,1H3. The van der Waals surface area contributed by atoms with E-state index in [1.807, 2.05) is 29.9 Å². The maximum absolute atomic E-state index is 13.1. The smallest absolute Gasteiger partial charge is 0.353 e. The van der Waals surface area contributed by atoms with Crippen LogP contribution >= 0.6 is 0 Å². The summed E-state index contributed by atoms with van der Waals surface area (Å²) < 4.78 is 41.1. The maximum Gasteiger partial charge on any atom is 0.416 e. The monoisotopic (exact) mass is 419 g/mol. The molecule has 0 bridgehead atoms. The second-order valence-corrected chi connectivity index (χ2v) is 8.11. The average Bonchev–Trinajstić information content (AvgIpc) is 3.62. The first-order valence-corrected chi connectivity index (χ1v) is 10.1. The number of hydrogen-bond acceptors (Lipinski definition) is 2. The topological polar surface area (TPSA) is 45.6 Å². The molecule has 0 N–H and O–H groups in total. The summed E-state index contributed by atoms with van der Waals surface area (Å²) in [6.45, 7) is 0.351. The van der Waals surface area contributed by atoms with Crippen LogP contribution in [-0.2, 0) is 24.6 Å². The highest BCUT2D eigenvalue weighted by Gasteiger charge is 2.39. The first kappa shape index (κ1) is 20.5. The van der Waals surface area contributed by atoms with E-state index >= 15 is 0 Å². The van der Waals surface area contributed by atoms with Crippen molar-refractivity contribution in [2.75, 3.05) is 6.54 Å². The molecule has 160 valence electrons. The van der Waals surface area contributed by atoms with Crippen molar-refractivity contribution in [3.63, 3.8) is 0 Å². The second-order valence-electron chi connectivity index (χ2n) is 8.11. The number of nitrogens with zero attached hydrogens (tertiary/aromatic N) is 3. The minimum atomic E-state index is -4.52. The molecule has 2 aromatic rings. The van der Waals surface area contributed by atoms with Gasteiger partial charge in [0.25, 0.3) is 5.91 Å². The van der Waals surface area contributed by atoms with Gasteiger partial charge in [-0.3, -0.25) is 9.59 Å². The molecule has 5 nitrogen and oxygen atoms in total. The molecule has 2 amide bonds. The highest BCUT2D eigenvalue weighted by atomic mass is 19.4. The fraction of sp³-hybridized carbons (Fsp3) is 0.455. The zero-order valence-electron chi connectivity index (χ0n) is 16.7. The van der Waals surface area contributed by atoms with E-state index in [-0.39, 0.29) is 30.1 Å². The molecule has 4 rings (SSSR count). The van der Waals surface area contributed by atoms with Crippen molar-refractivity contribution in [1.29, 1.82) is 0 Å². The van der Waals surface area contributed by atoms with E-state index in [9.17, 15) is 22.8 Å². The zero-order chi connectivity index (χ0) is 21.5. The van der Waals surface area contributed by atoms with E-state index in [2.05, 4.69) is 0 Å². The van der Waals surface area contributed by atoms with Crippen LogP contribution in [-0.4, -0.2) is 44.8 Å². The van der Waals surface area contributed by atoms with Gasteiger partial charge in [-0.2, -0.15) is 13.2 Å². The van der Waals surface area contributed by atoms with E-state index < -0.39 is 17.6 Å². The van der Waals surface area contributed by atoms with Gasteiger partial charge >= 0.3 is 6.18 Å². The van der Waals surface area contributed by atoms with Gasteiger partial charge in [0.15, 0.2) is 0 Å². The molecule has 1 heterocycles. The molecule has 0 spiro atoms. The third kappa shape index (κ3) is 4.52. The fourth-order valence-electron chi connectivity index (χ4n) is 3.63. The van der Waals surface area contributed by atoms with Gasteiger partial charge in [-0.15, -0.1) is 0 Å². The van der Waals surface area contributed by atoms with E-state index in [1.54, 1.807) is 4.90 Å². The van der Waals surface area contributed by atoms with Crippen LogP contribution in [0.3, 0.4) is 0 Å². The molecular weight excluding hydrogens is 395 g/mol. The summed E-state index contributed by atoms with van der Waals surface area (Å²) >= 11 is 0. The van der Waals surface area contributed by atoms with Gasteiger partial charge < -0.3 is 14.4 Å². The Bertz CT molecular complexity index is 945. The largest absolute Gasteiger partial charge is 0.416 e. The lowest BCUT2D eigenvalue weighted by atomic mass is 10.1. The number of benzene rings is 1. The van der Waals surface area contributed by atoms with E-state index in [1.165, 1.54) is 17.0 Å². The number of rotatable bonds is 7. The molecule has 2 aliphatic carbocycles. The Morgan fingerprint density at radius 1 is 1.03 bits per heavy atom. The molecule has 1 aromatic heterocycles. The number of hydrogen-bond donors (Lipinski definition) is 0. The molecule has 0 saturated heterocycles. The van der Waals surface area contributed by atoms with Crippen molar-refractivity contribution in [3.05, 3.63) is 59.4 Å². The molecule has 1 aromatic carbocycles. The molecule has 0 unspecified atom stereocenters. The fourth-order valence-corrected chi connectivity index (χ4v) is 3.63. The normalized spacial score (nSPS) is 16.4. The molecule has 30 heavy (non-hydrogen) atoms. The summed E-state index contributed by atoms with van der Waals surface area (Å²) in [5, 5.41) is 0. The Morgan fingerprint density at radius 2 is 1.70 bits per heavy atom. The summed E-state index contributed by atoms with van der Waals surface area (Å²) in [4.78, 5) is 29.4. The summed E-state index contributed by atoms with van der Waals surface area (Å²) in [7, 11) is 1.92. The van der Waals surface area contributed by atoms with Crippen molar-refractivity contribution in [2.24, 2.45) is 7.05 Å². The third-order valence-electron chi connectivity index (χ3n) is 5.68. The molecule has 0 aliphatic heterocycles. The van der Waals surface area contributed by atoms with Crippen LogP contribution in [0.15, 0.2) is 42.6 Å². The van der Waals surface area contributed by atoms with Crippen LogP contribution in [0.4, 0.5) is 13.2 Å². The molecule has 8 heteroatoms. The molecule has 2 aliphatic rings. The number of halogens is 3. The van der Waals surface area contributed by atoms with Gasteiger partial charge in [0.1, 0.15) is 6.54 Å². The molecule has 0 radical (unpaired) electrons. The number of alkyl halides is 3. The van der Waals surface area contributed by atoms with E-state index in [4.69, 9.17) is 0 Å². The number of carbonyl (C=O) groups is 2. The van der Waals surface area contributed by atoms with Crippen LogP contribution in [0.25, 0.3) is 0 Å². The Labute approximate surface area is 173 Å². The van der Waals surface area contributed by atoms with Crippen LogP contribution in [0.1, 0.15) is 47.3 Å². The lowest BCUT2D eigenvalue weighted by Gasteiger charge is -2.28. The lowest BCUT2D eigenvalue weighted by molar-refractivity contribution is -0.137. The van der Waals surface area contributed by atoms with Crippen molar-refractivity contribution >= 4 is 11.8 Å². The highest BCUT2D eigenvalue weighted by Crippen LogP contribution is 2.33. The van der Waals surface area contributed by atoms with E-state index in [0.29, 0.717) is 6.54 Å². The summed E-state index contributed by atoms with van der Waals surface area (Å²) in [5.74, 6) is -0.683. The Morgan fingerprint density at radius 3 is 2.27 bits per heavy atom. The Kier molecular flexibility index (Phi) is 5.34. The molecule has 0 atom stereocenters. The van der Waals surface area contributed by atoms with Crippen molar-refractivity contribution < 1.29 is 22.8 Å². The van der Waals surface area contributed by atoms with Crippen LogP contribution in [0, 0.1) is 0 Å². The summed E-state index contributed by atoms with van der Waals surface area (Å²) in [5.41, 5.74) is 0.0982. The van der Waals surface area contributed by atoms with Gasteiger partial charge in [-0.25, -0.2) is 0 Å². The predicted octanol–water partition coefficient (Wildman–Crippen LogP) is 3.84. The first-order valence-electron chi connectivity index (χ1n) is 10.1. The molecule has 2 fully saturated rings. The number of aryl methyl sites for hydroxylation is 1. The SMILES string of the molecule is Cn1cccc1CN(C(=O)CN(C(=O)c1cccc(C(F)(F)F)c1)C1CC1)C1CC1. The van der Waals surface area contributed by atoms with Gasteiger partial charge in [0, 0.05) is 36.6 Å². The predicted molar refractivity (Wildman–Crippen MR) is 104 cm³/mol. The van der Waals surface area contributed by atoms with Crippen LogP contribution < -0.4 is 0 Å². The Balaban J connectivity index is 1.51. The minimum absolute atomic E-state index is 0.0371. The Hall–Kier alpha value is -2.77. The number of amides is 2. The first-order chi connectivity index (χ1) is 14.2. The van der Waals surface area contributed by atoms with Crippen molar-refractivity contribution in [2.45, 2.75) is 50.5 Å². The van der Waals surface area contributed by atoms with Gasteiger partial charge in [0.2, 0.25) is 5.91 Å². The molecule has 2 saturated carbocycles. The van der Waals surface area contributed by atoms with E-state index in [0.717, 1.165) is 43.5 Å². The minimum Gasteiger partial charge on any atom is -0.353 e. The van der Waals surface area contributed by atoms with Crippen molar-refractivity contribution in [3.8, 4) is 0 Å². The lowest BCUT2D eigenvalue weighted by Crippen LogP contribution is -2.44. The zero-order valence-corrected chi connectivity index (χ0v) is 16.7. The third-order valence-corrected chi connectivity index (χ3v) is 5.68. The molecular formula is C22H24F3N3O2.